The summed E-state index contributed by atoms with van der Waals surface area (Å²) in [6.45, 7) is 2.08. The van der Waals surface area contributed by atoms with Crippen LogP contribution in [0.25, 0.3) is 22.2 Å². The van der Waals surface area contributed by atoms with Gasteiger partial charge in [-0.15, -0.1) is 0 Å². The molecule has 2 aliphatic carbocycles. The van der Waals surface area contributed by atoms with Crippen molar-refractivity contribution in [2.75, 3.05) is 32.9 Å². The van der Waals surface area contributed by atoms with E-state index in [0.717, 1.165) is 42.3 Å². The number of hydrogen-bond acceptors (Lipinski definition) is 6. The van der Waals surface area contributed by atoms with E-state index in [0.29, 0.717) is 56.3 Å². The summed E-state index contributed by atoms with van der Waals surface area (Å²) in [5, 5.41) is 0.446. The molecule has 2 amide bonds. The van der Waals surface area contributed by atoms with Gasteiger partial charge in [-0.2, -0.15) is 0 Å². The van der Waals surface area contributed by atoms with Crippen molar-refractivity contribution in [1.82, 2.24) is 14.2 Å². The van der Waals surface area contributed by atoms with Crippen LogP contribution in [0.4, 0.5) is 0 Å². The number of amides is 2. The van der Waals surface area contributed by atoms with E-state index in [-0.39, 0.29) is 18.1 Å². The summed E-state index contributed by atoms with van der Waals surface area (Å²) >= 11 is 0. The maximum absolute atomic E-state index is 14.1. The van der Waals surface area contributed by atoms with Crippen molar-refractivity contribution < 1.29 is 27.5 Å². The molecule has 4 aliphatic rings. The number of hydrogen-bond donors (Lipinski definition) is 1. The lowest BCUT2D eigenvalue weighted by molar-refractivity contribution is -0.139. The minimum absolute atomic E-state index is 0.0330. The summed E-state index contributed by atoms with van der Waals surface area (Å²) in [6, 6.07) is 13.1. The van der Waals surface area contributed by atoms with Crippen molar-refractivity contribution in [1.29, 1.82) is 0 Å². The van der Waals surface area contributed by atoms with Gasteiger partial charge in [-0.05, 0) is 48.8 Å². The molecule has 1 aromatic heterocycles. The molecule has 3 heterocycles. The average Bonchev–Trinajstić information content (AvgIpc) is 3.82. The van der Waals surface area contributed by atoms with Gasteiger partial charge in [-0.25, -0.2) is 13.1 Å². The molecule has 41 heavy (non-hydrogen) atoms. The van der Waals surface area contributed by atoms with E-state index < -0.39 is 27.2 Å². The van der Waals surface area contributed by atoms with Crippen molar-refractivity contribution in [2.24, 2.45) is 0 Å². The Kier molecular flexibility index (Phi) is 6.78. The highest BCUT2D eigenvalue weighted by molar-refractivity contribution is 7.91. The van der Waals surface area contributed by atoms with Crippen LogP contribution in [0, 0.1) is 0 Å². The molecule has 10 heteroatoms. The molecule has 0 spiro atoms. The topological polar surface area (TPSA) is 107 Å². The summed E-state index contributed by atoms with van der Waals surface area (Å²) in [6.07, 6.45) is 6.73. The number of sulfonamides is 1. The lowest BCUT2D eigenvalue weighted by Gasteiger charge is -2.34. The van der Waals surface area contributed by atoms with Crippen molar-refractivity contribution in [3.8, 4) is 17.0 Å². The zero-order valence-corrected chi connectivity index (χ0v) is 23.8. The Morgan fingerprint density at radius 3 is 2.34 bits per heavy atom. The fourth-order valence-corrected chi connectivity index (χ4v) is 8.08. The SMILES string of the molecule is O=C(NS(=O)(=O)C1CC1)c1ccc2c(C3CCCCC3)c(-c3ccccc3)n3c2c1OCC3C(=O)N1CCOCC1. The number of benzene rings is 2. The van der Waals surface area contributed by atoms with Gasteiger partial charge in [-0.3, -0.25) is 9.59 Å². The van der Waals surface area contributed by atoms with Crippen molar-refractivity contribution in [3.63, 3.8) is 0 Å². The minimum Gasteiger partial charge on any atom is -0.488 e. The summed E-state index contributed by atoms with van der Waals surface area (Å²) < 4.78 is 41.5. The fourth-order valence-electron chi connectivity index (χ4n) is 6.79. The first-order valence-corrected chi connectivity index (χ1v) is 16.3. The number of morpholine rings is 1. The Bertz CT molecular complexity index is 1600. The molecule has 7 rings (SSSR count). The van der Waals surface area contributed by atoms with E-state index in [1.807, 2.05) is 29.2 Å². The highest BCUT2D eigenvalue weighted by atomic mass is 32.2. The predicted molar refractivity (Wildman–Crippen MR) is 155 cm³/mol. The number of carbonyl (C=O) groups is 2. The van der Waals surface area contributed by atoms with Crippen LogP contribution in [0.2, 0.25) is 0 Å². The molecule has 1 unspecified atom stereocenters. The number of aromatic nitrogens is 1. The second-order valence-electron chi connectivity index (χ2n) is 11.6. The van der Waals surface area contributed by atoms with Gasteiger partial charge in [0.2, 0.25) is 15.9 Å². The molecular formula is C31H35N3O6S. The lowest BCUT2D eigenvalue weighted by atomic mass is 9.81. The molecule has 1 atom stereocenters. The Hall–Kier alpha value is -3.37. The molecule has 3 fully saturated rings. The molecule has 1 N–H and O–H groups in total. The number of ether oxygens (including phenoxy) is 2. The van der Waals surface area contributed by atoms with Crippen molar-refractivity contribution in [3.05, 3.63) is 53.6 Å². The van der Waals surface area contributed by atoms with Gasteiger partial charge in [0, 0.05) is 18.5 Å². The largest absolute Gasteiger partial charge is 0.488 e. The minimum atomic E-state index is -3.74. The molecule has 1 saturated heterocycles. The Morgan fingerprint density at radius 2 is 1.63 bits per heavy atom. The van der Waals surface area contributed by atoms with Gasteiger partial charge >= 0.3 is 0 Å². The van der Waals surface area contributed by atoms with E-state index in [1.165, 1.54) is 12.0 Å². The molecule has 2 aliphatic heterocycles. The van der Waals surface area contributed by atoms with Crippen molar-refractivity contribution in [2.45, 2.75) is 62.2 Å². The van der Waals surface area contributed by atoms with Crippen molar-refractivity contribution >= 4 is 32.7 Å². The van der Waals surface area contributed by atoms with E-state index in [4.69, 9.17) is 9.47 Å². The highest BCUT2D eigenvalue weighted by Gasteiger charge is 2.41. The summed E-state index contributed by atoms with van der Waals surface area (Å²) in [5.41, 5.74) is 4.06. The van der Waals surface area contributed by atoms with E-state index >= 15 is 0 Å². The van der Waals surface area contributed by atoms with Crippen LogP contribution in [0.5, 0.6) is 5.75 Å². The zero-order chi connectivity index (χ0) is 28.1. The number of carbonyl (C=O) groups excluding carboxylic acids is 2. The van der Waals surface area contributed by atoms with Gasteiger partial charge in [-0.1, -0.05) is 55.7 Å². The molecule has 9 nitrogen and oxygen atoms in total. The van der Waals surface area contributed by atoms with E-state index in [1.54, 1.807) is 6.07 Å². The van der Waals surface area contributed by atoms with E-state index in [9.17, 15) is 18.0 Å². The standard InChI is InChI=1S/C31H35N3O6S/c35-30(32-41(37,38)22-11-12-22)24-14-13-23-26(20-7-3-1-4-8-20)27(21-9-5-2-6-10-21)34-25(19-40-29(24)28(23)34)31(36)33-15-17-39-18-16-33/h2,5-6,9-10,13-14,20,22,25H,1,3-4,7-8,11-12,15-19H2,(H,32,35). The molecular weight excluding hydrogens is 542 g/mol. The van der Waals surface area contributed by atoms with Gasteiger partial charge in [0.1, 0.15) is 12.6 Å². The highest BCUT2D eigenvalue weighted by Crippen LogP contribution is 2.50. The first kappa shape index (κ1) is 26.5. The Balaban J connectivity index is 1.45. The third-order valence-electron chi connectivity index (χ3n) is 8.97. The van der Waals surface area contributed by atoms with E-state index in [2.05, 4.69) is 21.4 Å². The van der Waals surface area contributed by atoms with Crippen LogP contribution in [0.1, 0.15) is 72.8 Å². The van der Waals surface area contributed by atoms with Crippen LogP contribution < -0.4 is 9.46 Å². The van der Waals surface area contributed by atoms with Gasteiger partial charge in [0.05, 0.1) is 35.2 Å². The first-order chi connectivity index (χ1) is 19.9. The maximum Gasteiger partial charge on any atom is 0.268 e. The monoisotopic (exact) mass is 577 g/mol. The first-order valence-electron chi connectivity index (χ1n) is 14.8. The van der Waals surface area contributed by atoms with Gasteiger partial charge < -0.3 is 18.9 Å². The van der Waals surface area contributed by atoms with Gasteiger partial charge in [0.15, 0.2) is 5.75 Å². The number of rotatable bonds is 6. The Labute approximate surface area is 239 Å². The molecule has 0 bridgehead atoms. The maximum atomic E-state index is 14.1. The average molecular weight is 578 g/mol. The summed E-state index contributed by atoms with van der Waals surface area (Å²) in [7, 11) is -3.74. The quantitative estimate of drug-likeness (QED) is 0.466. The molecule has 3 aromatic rings. The molecule has 216 valence electrons. The summed E-state index contributed by atoms with van der Waals surface area (Å²) in [5.74, 6) is -0.0756. The normalized spacial score (nSPS) is 21.5. The second kappa shape index (κ2) is 10.5. The number of nitrogens with one attached hydrogen (secondary N) is 1. The molecule has 2 saturated carbocycles. The summed E-state index contributed by atoms with van der Waals surface area (Å²) in [4.78, 5) is 29.3. The molecule has 2 aromatic carbocycles. The smallest absolute Gasteiger partial charge is 0.268 e. The predicted octanol–water partition coefficient (Wildman–Crippen LogP) is 4.37. The van der Waals surface area contributed by atoms with Crippen LogP contribution in [-0.2, 0) is 19.6 Å². The van der Waals surface area contributed by atoms with Crippen LogP contribution in [-0.4, -0.2) is 67.9 Å². The lowest BCUT2D eigenvalue weighted by Crippen LogP contribution is -2.46. The van der Waals surface area contributed by atoms with Gasteiger partial charge in [0.25, 0.3) is 5.91 Å². The Morgan fingerprint density at radius 1 is 0.902 bits per heavy atom. The molecule has 0 radical (unpaired) electrons. The zero-order valence-electron chi connectivity index (χ0n) is 23.0. The van der Waals surface area contributed by atoms with Crippen LogP contribution in [0.15, 0.2) is 42.5 Å². The fraction of sp³-hybridized carbons (Fsp3) is 0.484. The second-order valence-corrected chi connectivity index (χ2v) is 13.6. The van der Waals surface area contributed by atoms with Crippen LogP contribution in [0.3, 0.4) is 0 Å². The third-order valence-corrected chi connectivity index (χ3v) is 10.8. The van der Waals surface area contributed by atoms with Crippen LogP contribution >= 0.6 is 0 Å². The number of nitrogens with zero attached hydrogens (tertiary/aromatic N) is 2. The third kappa shape index (κ3) is 4.70.